The molecule has 0 amide bonds. The SMILES string of the molecule is CCCCC#CB1Nc2ccccc2C=C1Br. The third-order valence-electron chi connectivity index (χ3n) is 2.73. The second-order valence-electron chi connectivity index (χ2n) is 4.12. The number of para-hydroxylation sites is 1. The van der Waals surface area contributed by atoms with Crippen LogP contribution in [0.3, 0.4) is 0 Å². The van der Waals surface area contributed by atoms with Crippen molar-refractivity contribution in [3.8, 4) is 11.7 Å². The second-order valence-corrected chi connectivity index (χ2v) is 5.03. The van der Waals surface area contributed by atoms with Gasteiger partial charge in [0.05, 0.1) is 0 Å². The second kappa shape index (κ2) is 5.98. The Balaban J connectivity index is 2.11. The number of anilines is 1. The van der Waals surface area contributed by atoms with Crippen molar-refractivity contribution < 1.29 is 0 Å². The molecule has 1 aliphatic heterocycles. The largest absolute Gasteiger partial charge is 0.413 e. The first-order chi connectivity index (χ1) is 8.31. The number of benzene rings is 1. The van der Waals surface area contributed by atoms with Gasteiger partial charge in [-0.15, -0.1) is 11.7 Å². The zero-order valence-corrected chi connectivity index (χ0v) is 11.5. The maximum atomic E-state index is 3.59. The number of hydrogen-bond donors (Lipinski definition) is 1. The molecular formula is C14H15BBrN. The van der Waals surface area contributed by atoms with Gasteiger partial charge in [-0.05, 0) is 24.1 Å². The van der Waals surface area contributed by atoms with Crippen LogP contribution in [0, 0.1) is 11.7 Å². The van der Waals surface area contributed by atoms with Crippen molar-refractivity contribution in [1.29, 1.82) is 0 Å². The summed E-state index contributed by atoms with van der Waals surface area (Å²) < 4.78 is 1.11. The summed E-state index contributed by atoms with van der Waals surface area (Å²) in [5, 5.41) is 3.43. The fourth-order valence-corrected chi connectivity index (χ4v) is 2.23. The van der Waals surface area contributed by atoms with Crippen LogP contribution in [-0.2, 0) is 0 Å². The predicted octanol–water partition coefficient (Wildman–Crippen LogP) is 4.11. The van der Waals surface area contributed by atoms with Crippen molar-refractivity contribution in [2.24, 2.45) is 0 Å². The molecule has 0 fully saturated rings. The van der Waals surface area contributed by atoms with E-state index in [0.29, 0.717) is 0 Å². The minimum Gasteiger partial charge on any atom is -0.413 e. The highest BCUT2D eigenvalue weighted by atomic mass is 79.9. The maximum Gasteiger partial charge on any atom is 0.380 e. The van der Waals surface area contributed by atoms with Crippen LogP contribution < -0.4 is 5.23 Å². The van der Waals surface area contributed by atoms with E-state index in [1.54, 1.807) is 0 Å². The minimum atomic E-state index is 0.0988. The molecule has 0 atom stereocenters. The van der Waals surface area contributed by atoms with Gasteiger partial charge in [0, 0.05) is 16.5 Å². The molecule has 0 saturated heterocycles. The molecule has 1 nitrogen and oxygen atoms in total. The normalized spacial score (nSPS) is 13.1. The molecule has 0 bridgehead atoms. The molecule has 1 heterocycles. The standard InChI is InChI=1S/C14H15BBrN/c1-2-3-4-7-10-15-14(16)11-12-8-5-6-9-13(12)17-15/h5-6,8-9,11,17H,2-4H2,1H3. The Labute approximate surface area is 112 Å². The average molecular weight is 288 g/mol. The van der Waals surface area contributed by atoms with Crippen LogP contribution in [0.2, 0.25) is 0 Å². The molecule has 86 valence electrons. The van der Waals surface area contributed by atoms with E-state index in [1.165, 1.54) is 18.4 Å². The van der Waals surface area contributed by atoms with Crippen LogP contribution in [0.15, 0.2) is 28.6 Å². The summed E-state index contributed by atoms with van der Waals surface area (Å²) in [6, 6.07) is 8.28. The van der Waals surface area contributed by atoms with Gasteiger partial charge in [-0.3, -0.25) is 0 Å². The van der Waals surface area contributed by atoms with Gasteiger partial charge in [-0.2, -0.15) is 0 Å². The smallest absolute Gasteiger partial charge is 0.380 e. The number of unbranched alkanes of at least 4 members (excludes halogenated alkanes) is 2. The highest BCUT2D eigenvalue weighted by Gasteiger charge is 2.21. The third kappa shape index (κ3) is 3.17. The zero-order chi connectivity index (χ0) is 12.1. The van der Waals surface area contributed by atoms with Crippen LogP contribution in [0.5, 0.6) is 0 Å². The van der Waals surface area contributed by atoms with Gasteiger partial charge >= 0.3 is 6.85 Å². The molecule has 0 saturated carbocycles. The van der Waals surface area contributed by atoms with E-state index in [4.69, 9.17) is 0 Å². The molecule has 1 aromatic rings. The van der Waals surface area contributed by atoms with E-state index in [9.17, 15) is 0 Å². The summed E-state index contributed by atoms with van der Waals surface area (Å²) in [4.78, 5) is 0. The molecule has 17 heavy (non-hydrogen) atoms. The molecule has 0 aliphatic carbocycles. The van der Waals surface area contributed by atoms with Gasteiger partial charge in [0.25, 0.3) is 0 Å². The first-order valence-electron chi connectivity index (χ1n) is 6.02. The van der Waals surface area contributed by atoms with Crippen LogP contribution in [0.25, 0.3) is 6.08 Å². The van der Waals surface area contributed by atoms with Crippen LogP contribution in [-0.4, -0.2) is 6.85 Å². The van der Waals surface area contributed by atoms with Gasteiger partial charge in [0.15, 0.2) is 0 Å². The lowest BCUT2D eigenvalue weighted by molar-refractivity contribution is 0.828. The Morgan fingerprint density at radius 2 is 2.18 bits per heavy atom. The van der Waals surface area contributed by atoms with Gasteiger partial charge in [-0.25, -0.2) is 0 Å². The molecule has 1 aliphatic rings. The maximum absolute atomic E-state index is 3.59. The third-order valence-corrected chi connectivity index (χ3v) is 3.42. The fourth-order valence-electron chi connectivity index (χ4n) is 1.76. The van der Waals surface area contributed by atoms with Crippen molar-refractivity contribution >= 4 is 34.5 Å². The quantitative estimate of drug-likeness (QED) is 0.490. The molecule has 0 spiro atoms. The number of halogens is 1. The average Bonchev–Trinajstić information content (AvgIpc) is 2.35. The molecule has 0 aromatic heterocycles. The van der Waals surface area contributed by atoms with Gasteiger partial charge < -0.3 is 5.23 Å². The highest BCUT2D eigenvalue weighted by molar-refractivity contribution is 9.12. The van der Waals surface area contributed by atoms with Crippen molar-refractivity contribution in [2.75, 3.05) is 5.23 Å². The lowest BCUT2D eigenvalue weighted by Gasteiger charge is -2.18. The fraction of sp³-hybridized carbons (Fsp3) is 0.286. The Kier molecular flexibility index (Phi) is 4.33. The first kappa shape index (κ1) is 12.3. The lowest BCUT2D eigenvalue weighted by atomic mass is 9.61. The molecule has 3 heteroatoms. The first-order valence-corrected chi connectivity index (χ1v) is 6.81. The molecule has 1 N–H and O–H groups in total. The Hall–Kier alpha value is -1.14. The summed E-state index contributed by atoms with van der Waals surface area (Å²) in [6.07, 6.45) is 5.51. The topological polar surface area (TPSA) is 12.0 Å². The van der Waals surface area contributed by atoms with Crippen molar-refractivity contribution in [2.45, 2.75) is 26.2 Å². The van der Waals surface area contributed by atoms with E-state index in [-0.39, 0.29) is 6.85 Å². The number of rotatable bonds is 2. The predicted molar refractivity (Wildman–Crippen MR) is 80.0 cm³/mol. The van der Waals surface area contributed by atoms with Crippen molar-refractivity contribution in [1.82, 2.24) is 0 Å². The van der Waals surface area contributed by atoms with Crippen molar-refractivity contribution in [3.05, 3.63) is 34.2 Å². The summed E-state index contributed by atoms with van der Waals surface area (Å²) in [5.41, 5.74) is 2.37. The molecule has 2 rings (SSSR count). The number of nitrogens with one attached hydrogen (secondary N) is 1. The van der Waals surface area contributed by atoms with Crippen molar-refractivity contribution in [3.63, 3.8) is 0 Å². The lowest BCUT2D eigenvalue weighted by Crippen LogP contribution is -2.27. The summed E-state index contributed by atoms with van der Waals surface area (Å²) in [7, 11) is 0. The molecular weight excluding hydrogens is 273 g/mol. The van der Waals surface area contributed by atoms with Crippen LogP contribution in [0.4, 0.5) is 5.69 Å². The van der Waals surface area contributed by atoms with Gasteiger partial charge in [0.2, 0.25) is 0 Å². The molecule has 0 radical (unpaired) electrons. The van der Waals surface area contributed by atoms with Crippen LogP contribution in [0.1, 0.15) is 31.7 Å². The van der Waals surface area contributed by atoms with E-state index >= 15 is 0 Å². The summed E-state index contributed by atoms with van der Waals surface area (Å²) in [5.74, 6) is 6.50. The van der Waals surface area contributed by atoms with E-state index in [2.05, 4.69) is 58.0 Å². The van der Waals surface area contributed by atoms with E-state index in [0.717, 1.165) is 16.5 Å². The summed E-state index contributed by atoms with van der Waals surface area (Å²) >= 11 is 3.59. The zero-order valence-electron chi connectivity index (χ0n) is 9.96. The van der Waals surface area contributed by atoms with Gasteiger partial charge in [0.1, 0.15) is 0 Å². The van der Waals surface area contributed by atoms with Crippen LogP contribution >= 0.6 is 15.9 Å². The Bertz CT molecular complexity index is 484. The van der Waals surface area contributed by atoms with E-state index in [1.807, 2.05) is 12.1 Å². The molecule has 0 unspecified atom stereocenters. The highest BCUT2D eigenvalue weighted by Crippen LogP contribution is 2.27. The molecule has 1 aromatic carbocycles. The number of fused-ring (bicyclic) bond motifs is 1. The Morgan fingerprint density at radius 3 is 3.00 bits per heavy atom. The Morgan fingerprint density at radius 1 is 1.35 bits per heavy atom. The number of hydrogen-bond acceptors (Lipinski definition) is 1. The van der Waals surface area contributed by atoms with Gasteiger partial charge in [-0.1, -0.05) is 47.5 Å². The minimum absolute atomic E-state index is 0.0988. The van der Waals surface area contributed by atoms with E-state index < -0.39 is 0 Å². The summed E-state index contributed by atoms with van der Waals surface area (Å²) in [6.45, 7) is 2.29. The monoisotopic (exact) mass is 287 g/mol.